The molecule has 2 aliphatic heterocycles. The van der Waals surface area contributed by atoms with E-state index >= 15 is 0 Å². The van der Waals surface area contributed by atoms with Crippen LogP contribution in [-0.2, 0) is 9.53 Å². The van der Waals surface area contributed by atoms with Gasteiger partial charge in [-0.3, -0.25) is 9.80 Å². The van der Waals surface area contributed by atoms with Crippen LogP contribution >= 0.6 is 11.3 Å². The number of amides is 2. The Labute approximate surface area is 158 Å². The van der Waals surface area contributed by atoms with Crippen molar-refractivity contribution in [1.29, 1.82) is 0 Å². The molecule has 0 aliphatic carbocycles. The van der Waals surface area contributed by atoms with Gasteiger partial charge in [-0.05, 0) is 55.2 Å². The van der Waals surface area contributed by atoms with Crippen molar-refractivity contribution in [2.45, 2.75) is 25.8 Å². The van der Waals surface area contributed by atoms with Gasteiger partial charge in [0.15, 0.2) is 0 Å². The number of likely N-dealkylation sites (tertiary alicyclic amines) is 1. The number of nitrogens with one attached hydrogen (secondary N) is 1. The first-order valence-corrected chi connectivity index (χ1v) is 9.93. The van der Waals surface area contributed by atoms with E-state index in [2.05, 4.69) is 16.8 Å². The molecule has 3 heterocycles. The third-order valence-electron chi connectivity index (χ3n) is 4.69. The highest BCUT2D eigenvalue weighted by atomic mass is 32.1. The maximum Gasteiger partial charge on any atom is 0.338 e. The van der Waals surface area contributed by atoms with Crippen LogP contribution in [0.1, 0.15) is 31.4 Å². The Kier molecular flexibility index (Phi) is 6.11. The summed E-state index contributed by atoms with van der Waals surface area (Å²) in [6.45, 7) is 8.73. The minimum Gasteiger partial charge on any atom is -0.463 e. The quantitative estimate of drug-likeness (QED) is 0.588. The normalized spacial score (nSPS) is 21.0. The van der Waals surface area contributed by atoms with Crippen LogP contribution < -0.4 is 5.32 Å². The van der Waals surface area contributed by atoms with E-state index in [1.807, 2.05) is 16.8 Å². The topological polar surface area (TPSA) is 61.9 Å². The van der Waals surface area contributed by atoms with Crippen molar-refractivity contribution in [2.24, 2.45) is 0 Å². The summed E-state index contributed by atoms with van der Waals surface area (Å²) in [5.74, 6) is -0.369. The molecule has 2 amide bonds. The number of esters is 1. The number of thiophene rings is 1. The molecule has 2 aliphatic rings. The lowest BCUT2D eigenvalue weighted by molar-refractivity contribution is -0.139. The Bertz CT molecular complexity index is 693. The van der Waals surface area contributed by atoms with Gasteiger partial charge in [0.05, 0.1) is 18.2 Å². The molecule has 140 valence electrons. The average Bonchev–Trinajstić information content (AvgIpc) is 3.31. The second kappa shape index (κ2) is 8.51. The predicted octanol–water partition coefficient (Wildman–Crippen LogP) is 2.91. The van der Waals surface area contributed by atoms with E-state index in [1.165, 1.54) is 0 Å². The van der Waals surface area contributed by atoms with E-state index in [0.29, 0.717) is 25.3 Å². The maximum atomic E-state index is 12.8. The fourth-order valence-electron chi connectivity index (χ4n) is 3.49. The average molecular weight is 375 g/mol. The molecule has 7 heteroatoms. The number of carbonyl (C=O) groups excluding carboxylic acids is 2. The molecule has 1 atom stereocenters. The molecule has 1 aromatic rings. The van der Waals surface area contributed by atoms with Crippen LogP contribution in [0.5, 0.6) is 0 Å². The van der Waals surface area contributed by atoms with Crippen molar-refractivity contribution in [3.8, 4) is 0 Å². The highest BCUT2D eigenvalue weighted by molar-refractivity contribution is 7.08. The fraction of sp³-hybridized carbons (Fsp3) is 0.474. The molecule has 1 fully saturated rings. The van der Waals surface area contributed by atoms with Crippen molar-refractivity contribution in [2.75, 3.05) is 32.8 Å². The molecule has 0 radical (unpaired) electrons. The van der Waals surface area contributed by atoms with Crippen LogP contribution in [-0.4, -0.2) is 54.6 Å². The standard InChI is InChI=1S/C19H25N3O3S/c1-3-8-22-15(12-21-9-5-6-10-21)16(18(23)25-4-2)17(20-19(22)24)14-7-11-26-13-14/h3,7,11,13,17H,1,4-6,8-10,12H2,2H3,(H,20,24)/t17-/m0/s1. The number of hydrogen-bond donors (Lipinski definition) is 1. The molecule has 6 nitrogen and oxygen atoms in total. The Morgan fingerprint density at radius 2 is 2.23 bits per heavy atom. The lowest BCUT2D eigenvalue weighted by Gasteiger charge is -2.37. The van der Waals surface area contributed by atoms with Crippen molar-refractivity contribution >= 4 is 23.3 Å². The summed E-state index contributed by atoms with van der Waals surface area (Å²) >= 11 is 1.54. The van der Waals surface area contributed by atoms with Gasteiger partial charge >= 0.3 is 12.0 Å². The van der Waals surface area contributed by atoms with Crippen LogP contribution in [0.25, 0.3) is 0 Å². The molecule has 0 spiro atoms. The molecule has 1 saturated heterocycles. The summed E-state index contributed by atoms with van der Waals surface area (Å²) in [5.41, 5.74) is 2.16. The highest BCUT2D eigenvalue weighted by Crippen LogP contribution is 2.33. The van der Waals surface area contributed by atoms with Gasteiger partial charge in [0, 0.05) is 18.8 Å². The highest BCUT2D eigenvalue weighted by Gasteiger charge is 2.38. The fourth-order valence-corrected chi connectivity index (χ4v) is 4.17. The minimum atomic E-state index is -0.480. The van der Waals surface area contributed by atoms with Gasteiger partial charge in [0.1, 0.15) is 0 Å². The van der Waals surface area contributed by atoms with Crippen molar-refractivity contribution < 1.29 is 14.3 Å². The number of nitrogens with zero attached hydrogens (tertiary/aromatic N) is 2. The molecule has 1 aromatic heterocycles. The van der Waals surface area contributed by atoms with E-state index in [-0.39, 0.29) is 12.0 Å². The summed E-state index contributed by atoms with van der Waals surface area (Å²) in [4.78, 5) is 29.5. The second-order valence-corrected chi connectivity index (χ2v) is 7.18. The third-order valence-corrected chi connectivity index (χ3v) is 5.40. The zero-order chi connectivity index (χ0) is 18.5. The smallest absolute Gasteiger partial charge is 0.338 e. The van der Waals surface area contributed by atoms with Crippen LogP contribution in [0.4, 0.5) is 4.79 Å². The van der Waals surface area contributed by atoms with Crippen LogP contribution in [0, 0.1) is 0 Å². The van der Waals surface area contributed by atoms with E-state index < -0.39 is 6.04 Å². The van der Waals surface area contributed by atoms with Crippen molar-refractivity contribution in [1.82, 2.24) is 15.1 Å². The van der Waals surface area contributed by atoms with Gasteiger partial charge in [-0.15, -0.1) is 6.58 Å². The van der Waals surface area contributed by atoms with E-state index in [0.717, 1.165) is 37.2 Å². The molecule has 3 rings (SSSR count). The molecule has 26 heavy (non-hydrogen) atoms. The van der Waals surface area contributed by atoms with Gasteiger partial charge < -0.3 is 10.1 Å². The summed E-state index contributed by atoms with van der Waals surface area (Å²) < 4.78 is 5.35. The van der Waals surface area contributed by atoms with Gasteiger partial charge in [0.25, 0.3) is 0 Å². The van der Waals surface area contributed by atoms with E-state index in [1.54, 1.807) is 29.2 Å². The largest absolute Gasteiger partial charge is 0.463 e. The van der Waals surface area contributed by atoms with Gasteiger partial charge in [-0.25, -0.2) is 9.59 Å². The SMILES string of the molecule is C=CCN1C(=O)N[C@@H](c2ccsc2)C(C(=O)OCC)=C1CN1CCCC1. The maximum absolute atomic E-state index is 12.8. The molecule has 0 saturated carbocycles. The summed E-state index contributed by atoms with van der Waals surface area (Å²) in [7, 11) is 0. The van der Waals surface area contributed by atoms with Crippen LogP contribution in [0.2, 0.25) is 0 Å². The molecular formula is C19H25N3O3S. The van der Waals surface area contributed by atoms with Crippen LogP contribution in [0.15, 0.2) is 40.8 Å². The number of ether oxygens (including phenoxy) is 1. The van der Waals surface area contributed by atoms with E-state index in [9.17, 15) is 9.59 Å². The predicted molar refractivity (Wildman–Crippen MR) is 102 cm³/mol. The van der Waals surface area contributed by atoms with Crippen LogP contribution in [0.3, 0.4) is 0 Å². The summed E-state index contributed by atoms with van der Waals surface area (Å²) in [5, 5.41) is 6.87. The second-order valence-electron chi connectivity index (χ2n) is 6.40. The number of urea groups is 1. The Balaban J connectivity index is 2.07. The zero-order valence-corrected chi connectivity index (χ0v) is 15.9. The molecule has 0 unspecified atom stereocenters. The summed E-state index contributed by atoms with van der Waals surface area (Å²) in [6, 6.07) is 1.25. The molecule has 0 aromatic carbocycles. The monoisotopic (exact) mass is 375 g/mol. The molecule has 1 N–H and O–H groups in total. The molecule has 0 bridgehead atoms. The van der Waals surface area contributed by atoms with Gasteiger partial charge in [-0.1, -0.05) is 6.08 Å². The Morgan fingerprint density at radius 3 is 2.85 bits per heavy atom. The molecular weight excluding hydrogens is 350 g/mol. The first-order valence-electron chi connectivity index (χ1n) is 8.99. The van der Waals surface area contributed by atoms with Gasteiger partial charge in [0.2, 0.25) is 0 Å². The Hall–Kier alpha value is -2.12. The lowest BCUT2D eigenvalue weighted by atomic mass is 9.96. The van der Waals surface area contributed by atoms with E-state index in [4.69, 9.17) is 4.74 Å². The first kappa shape index (κ1) is 18.7. The number of hydrogen-bond acceptors (Lipinski definition) is 5. The van der Waals surface area contributed by atoms with Crippen molar-refractivity contribution in [3.63, 3.8) is 0 Å². The first-order chi connectivity index (χ1) is 12.7. The lowest BCUT2D eigenvalue weighted by Crippen LogP contribution is -2.50. The Morgan fingerprint density at radius 1 is 1.46 bits per heavy atom. The van der Waals surface area contributed by atoms with Gasteiger partial charge in [-0.2, -0.15) is 11.3 Å². The van der Waals surface area contributed by atoms with Crippen molar-refractivity contribution in [3.05, 3.63) is 46.3 Å². The number of carbonyl (C=O) groups is 2. The number of rotatable bonds is 7. The minimum absolute atomic E-state index is 0.205. The third kappa shape index (κ3) is 3.83. The summed E-state index contributed by atoms with van der Waals surface area (Å²) in [6.07, 6.45) is 3.96. The zero-order valence-electron chi connectivity index (χ0n) is 15.1.